The van der Waals surface area contributed by atoms with Crippen LogP contribution in [0.5, 0.6) is 0 Å². The normalized spacial score (nSPS) is 25.9. The van der Waals surface area contributed by atoms with Gasteiger partial charge in [0.25, 0.3) is 0 Å². The van der Waals surface area contributed by atoms with Gasteiger partial charge in [-0.3, -0.25) is 4.79 Å². The number of hydrogen-bond donors (Lipinski definition) is 2. The number of carbonyl (C=O) groups is 1. The molecule has 1 fully saturated rings. The van der Waals surface area contributed by atoms with E-state index in [9.17, 15) is 9.59 Å². The maximum absolute atomic E-state index is 12.5. The molecule has 0 radical (unpaired) electrons. The summed E-state index contributed by atoms with van der Waals surface area (Å²) < 4.78 is 0. The number of ketones is 1. The van der Waals surface area contributed by atoms with Crippen molar-refractivity contribution in [2.75, 3.05) is 0 Å². The van der Waals surface area contributed by atoms with E-state index in [4.69, 9.17) is 0 Å². The minimum atomic E-state index is -0.297. The number of aromatic nitrogens is 2. The smallest absolute Gasteiger partial charge is 0.312 e. The SMILES string of the molecule is CCC(C)C1CCCCC1C(=O)c1c[nH]c(=O)[nH]1. The summed E-state index contributed by atoms with van der Waals surface area (Å²) in [7, 11) is 0. The molecular formula is C14H22N2O2. The molecule has 3 unspecified atom stereocenters. The molecule has 1 aromatic rings. The maximum Gasteiger partial charge on any atom is 0.323 e. The first-order valence-corrected chi connectivity index (χ1v) is 6.95. The zero-order valence-electron chi connectivity index (χ0n) is 11.2. The zero-order chi connectivity index (χ0) is 13.1. The minimum Gasteiger partial charge on any atom is -0.312 e. The van der Waals surface area contributed by atoms with Crippen molar-refractivity contribution in [3.8, 4) is 0 Å². The summed E-state index contributed by atoms with van der Waals surface area (Å²) in [6, 6.07) is 0. The van der Waals surface area contributed by atoms with Crippen LogP contribution in [0.3, 0.4) is 0 Å². The van der Waals surface area contributed by atoms with Crippen LogP contribution in [0.1, 0.15) is 56.4 Å². The molecule has 0 spiro atoms. The first-order chi connectivity index (χ1) is 8.63. The Bertz CT molecular complexity index is 460. The first kappa shape index (κ1) is 13.1. The Morgan fingerprint density at radius 1 is 1.44 bits per heavy atom. The lowest BCUT2D eigenvalue weighted by atomic mass is 9.70. The van der Waals surface area contributed by atoms with Gasteiger partial charge in [0.2, 0.25) is 0 Å². The molecule has 1 heterocycles. The van der Waals surface area contributed by atoms with Gasteiger partial charge in [-0.05, 0) is 24.7 Å². The predicted molar refractivity (Wildman–Crippen MR) is 70.6 cm³/mol. The molecule has 0 amide bonds. The lowest BCUT2D eigenvalue weighted by Gasteiger charge is -2.34. The van der Waals surface area contributed by atoms with Crippen LogP contribution in [0.4, 0.5) is 0 Å². The summed E-state index contributed by atoms with van der Waals surface area (Å²) in [5, 5.41) is 0. The van der Waals surface area contributed by atoms with Crippen LogP contribution in [0.2, 0.25) is 0 Å². The number of nitrogens with one attached hydrogen (secondary N) is 2. The topological polar surface area (TPSA) is 65.7 Å². The van der Waals surface area contributed by atoms with Gasteiger partial charge in [-0.15, -0.1) is 0 Å². The molecule has 18 heavy (non-hydrogen) atoms. The monoisotopic (exact) mass is 250 g/mol. The second kappa shape index (κ2) is 5.55. The number of imidazole rings is 1. The van der Waals surface area contributed by atoms with Gasteiger partial charge >= 0.3 is 5.69 Å². The molecule has 1 saturated carbocycles. The Morgan fingerprint density at radius 3 is 2.78 bits per heavy atom. The second-order valence-electron chi connectivity index (χ2n) is 5.46. The van der Waals surface area contributed by atoms with Crippen molar-refractivity contribution in [2.45, 2.75) is 46.0 Å². The summed E-state index contributed by atoms with van der Waals surface area (Å²) in [4.78, 5) is 28.6. The molecule has 3 atom stereocenters. The molecule has 1 aliphatic carbocycles. The number of rotatable bonds is 4. The van der Waals surface area contributed by atoms with Gasteiger partial charge in [0.1, 0.15) is 5.69 Å². The van der Waals surface area contributed by atoms with Crippen LogP contribution in [-0.4, -0.2) is 15.8 Å². The Kier molecular flexibility index (Phi) is 4.04. The van der Waals surface area contributed by atoms with Gasteiger partial charge in [-0.1, -0.05) is 33.1 Å². The van der Waals surface area contributed by atoms with Crippen molar-refractivity contribution in [1.29, 1.82) is 0 Å². The third kappa shape index (κ3) is 2.57. The summed E-state index contributed by atoms with van der Waals surface area (Å²) in [6.07, 6.45) is 7.06. The molecule has 0 saturated heterocycles. The number of aromatic amines is 2. The molecule has 100 valence electrons. The molecule has 0 bridgehead atoms. The van der Waals surface area contributed by atoms with Crippen LogP contribution in [0, 0.1) is 17.8 Å². The first-order valence-electron chi connectivity index (χ1n) is 6.95. The van der Waals surface area contributed by atoms with Crippen LogP contribution >= 0.6 is 0 Å². The van der Waals surface area contributed by atoms with Gasteiger partial charge < -0.3 is 9.97 Å². The fourth-order valence-electron chi connectivity index (χ4n) is 3.13. The highest BCUT2D eigenvalue weighted by Crippen LogP contribution is 2.37. The number of hydrogen-bond acceptors (Lipinski definition) is 2. The quantitative estimate of drug-likeness (QED) is 0.807. The molecule has 2 rings (SSSR count). The molecule has 0 aliphatic heterocycles. The van der Waals surface area contributed by atoms with Crippen molar-refractivity contribution < 1.29 is 4.79 Å². The lowest BCUT2D eigenvalue weighted by molar-refractivity contribution is 0.0758. The highest BCUT2D eigenvalue weighted by atomic mass is 16.1. The summed E-state index contributed by atoms with van der Waals surface area (Å²) in [6.45, 7) is 4.41. The lowest BCUT2D eigenvalue weighted by Crippen LogP contribution is -2.31. The fourth-order valence-corrected chi connectivity index (χ4v) is 3.13. The van der Waals surface area contributed by atoms with Crippen molar-refractivity contribution in [2.24, 2.45) is 17.8 Å². The van der Waals surface area contributed by atoms with Crippen molar-refractivity contribution in [3.05, 3.63) is 22.4 Å². The van der Waals surface area contributed by atoms with Crippen LogP contribution < -0.4 is 5.69 Å². The Morgan fingerprint density at radius 2 is 2.17 bits per heavy atom. The molecule has 1 aromatic heterocycles. The van der Waals surface area contributed by atoms with Gasteiger partial charge in [-0.25, -0.2) is 4.79 Å². The Labute approximate surface area is 107 Å². The maximum atomic E-state index is 12.5. The van der Waals surface area contributed by atoms with E-state index in [-0.39, 0.29) is 17.4 Å². The third-order valence-corrected chi connectivity index (χ3v) is 4.39. The fraction of sp³-hybridized carbons (Fsp3) is 0.714. The van der Waals surface area contributed by atoms with Crippen LogP contribution in [0.25, 0.3) is 0 Å². The Hall–Kier alpha value is -1.32. The van der Waals surface area contributed by atoms with Gasteiger partial charge in [0.05, 0.1) is 0 Å². The minimum absolute atomic E-state index is 0.0835. The summed E-state index contributed by atoms with van der Waals surface area (Å²) >= 11 is 0. The standard InChI is InChI=1S/C14H22N2O2/c1-3-9(2)10-6-4-5-7-11(10)13(17)12-8-15-14(18)16-12/h8-11H,3-7H2,1-2H3,(H2,15,16,18). The molecule has 2 N–H and O–H groups in total. The zero-order valence-corrected chi connectivity index (χ0v) is 11.2. The van der Waals surface area contributed by atoms with Gasteiger partial charge in [0.15, 0.2) is 5.78 Å². The van der Waals surface area contributed by atoms with Crippen LogP contribution in [-0.2, 0) is 0 Å². The summed E-state index contributed by atoms with van der Waals surface area (Å²) in [5.74, 6) is 1.23. The second-order valence-corrected chi connectivity index (χ2v) is 5.46. The number of Topliss-reactive ketones (excluding diaryl/α,β-unsaturated/α-hetero) is 1. The predicted octanol–water partition coefficient (Wildman–Crippen LogP) is 2.74. The molecule has 4 heteroatoms. The van der Waals surface area contributed by atoms with E-state index < -0.39 is 0 Å². The van der Waals surface area contributed by atoms with Crippen molar-refractivity contribution in [1.82, 2.24) is 9.97 Å². The molecule has 1 aliphatic rings. The Balaban J connectivity index is 2.18. The van der Waals surface area contributed by atoms with E-state index in [2.05, 4.69) is 23.8 Å². The van der Waals surface area contributed by atoms with E-state index in [1.54, 1.807) is 0 Å². The van der Waals surface area contributed by atoms with Gasteiger partial charge in [0, 0.05) is 12.1 Å². The molecule has 0 aromatic carbocycles. The molecule has 4 nitrogen and oxygen atoms in total. The van der Waals surface area contributed by atoms with E-state index in [1.807, 2.05) is 0 Å². The number of H-pyrrole nitrogens is 2. The summed E-state index contributed by atoms with van der Waals surface area (Å²) in [5.41, 5.74) is 0.148. The third-order valence-electron chi connectivity index (χ3n) is 4.39. The highest BCUT2D eigenvalue weighted by Gasteiger charge is 2.34. The molecular weight excluding hydrogens is 228 g/mol. The average Bonchev–Trinajstić information content (AvgIpc) is 2.83. The number of carbonyl (C=O) groups excluding carboxylic acids is 1. The van der Waals surface area contributed by atoms with E-state index >= 15 is 0 Å². The van der Waals surface area contributed by atoms with Crippen molar-refractivity contribution >= 4 is 5.78 Å². The van der Waals surface area contributed by atoms with Gasteiger partial charge in [-0.2, -0.15) is 0 Å². The average molecular weight is 250 g/mol. The van der Waals surface area contributed by atoms with E-state index in [0.29, 0.717) is 17.5 Å². The largest absolute Gasteiger partial charge is 0.323 e. The van der Waals surface area contributed by atoms with Crippen LogP contribution in [0.15, 0.2) is 11.0 Å². The van der Waals surface area contributed by atoms with E-state index in [0.717, 1.165) is 25.7 Å². The highest BCUT2D eigenvalue weighted by molar-refractivity contribution is 5.96. The van der Waals surface area contributed by atoms with Crippen molar-refractivity contribution in [3.63, 3.8) is 0 Å². The van der Waals surface area contributed by atoms with E-state index in [1.165, 1.54) is 12.6 Å².